The summed E-state index contributed by atoms with van der Waals surface area (Å²) in [5.41, 5.74) is 0. The normalized spacial score (nSPS) is 7.62. The van der Waals surface area contributed by atoms with Crippen molar-refractivity contribution >= 4 is 10.8 Å². The van der Waals surface area contributed by atoms with E-state index in [0.29, 0.717) is 0 Å². The van der Waals surface area contributed by atoms with Gasteiger partial charge >= 0.3 is 0 Å². The highest BCUT2D eigenvalue weighted by Gasteiger charge is 1.85. The van der Waals surface area contributed by atoms with Gasteiger partial charge in [0.15, 0.2) is 0 Å². The smallest absolute Gasteiger partial charge is 0.0184 e. The number of rotatable bonds is 0. The minimum absolute atomic E-state index is 1.25. The van der Waals surface area contributed by atoms with Gasteiger partial charge in [-0.1, -0.05) is 123 Å². The Kier molecular flexibility index (Phi) is 28.0. The summed E-state index contributed by atoms with van der Waals surface area (Å²) in [4.78, 5) is 0. The van der Waals surface area contributed by atoms with Crippen molar-refractivity contribution in [3.63, 3.8) is 0 Å². The Bertz CT molecular complexity index is 306. The third kappa shape index (κ3) is 18.7. The average Bonchev–Trinajstić information content (AvgIpc) is 2.52. The molecular formula is C21H38. The van der Waals surface area contributed by atoms with E-state index in [1.54, 1.807) is 0 Å². The first-order valence-electron chi connectivity index (χ1n) is 8.65. The summed E-state index contributed by atoms with van der Waals surface area (Å²) < 4.78 is 0. The van der Waals surface area contributed by atoms with Crippen molar-refractivity contribution in [2.75, 3.05) is 0 Å². The topological polar surface area (TPSA) is 0 Å². The van der Waals surface area contributed by atoms with Crippen LogP contribution >= 0.6 is 0 Å². The summed E-state index contributed by atoms with van der Waals surface area (Å²) in [6, 6.07) is 16.7. The van der Waals surface area contributed by atoms with Crippen molar-refractivity contribution in [3.8, 4) is 0 Å². The van der Waals surface area contributed by atoms with Crippen molar-refractivity contribution in [1.29, 1.82) is 0 Å². The minimum atomic E-state index is 1.25. The molecule has 122 valence electrons. The highest BCUT2D eigenvalue weighted by molar-refractivity contribution is 5.81. The minimum Gasteiger partial charge on any atom is -0.0683 e. The summed E-state index contributed by atoms with van der Waals surface area (Å²) in [5, 5.41) is 2.62. The fourth-order valence-corrected chi connectivity index (χ4v) is 1.13. The van der Waals surface area contributed by atoms with Crippen LogP contribution in [0, 0.1) is 0 Å². The van der Waals surface area contributed by atoms with Crippen molar-refractivity contribution < 1.29 is 0 Å². The van der Waals surface area contributed by atoms with Gasteiger partial charge in [-0.2, -0.15) is 0 Å². The van der Waals surface area contributed by atoms with E-state index in [0.717, 1.165) is 0 Å². The number of fused-ring (bicyclic) bond motifs is 1. The van der Waals surface area contributed by atoms with E-state index in [9.17, 15) is 0 Å². The fourth-order valence-electron chi connectivity index (χ4n) is 1.13. The zero-order valence-corrected chi connectivity index (χ0v) is 15.7. The molecule has 2 aromatic carbocycles. The number of hydrogen-bond acceptors (Lipinski definition) is 0. The van der Waals surface area contributed by atoms with E-state index >= 15 is 0 Å². The first-order chi connectivity index (χ1) is 10.2. The van der Waals surface area contributed by atoms with Crippen molar-refractivity contribution in [2.45, 2.75) is 74.7 Å². The Hall–Kier alpha value is -1.30. The van der Waals surface area contributed by atoms with Gasteiger partial charge in [0.1, 0.15) is 0 Å². The molecule has 21 heavy (non-hydrogen) atoms. The van der Waals surface area contributed by atoms with E-state index in [1.807, 2.05) is 13.8 Å². The first kappa shape index (κ1) is 24.7. The van der Waals surface area contributed by atoms with Crippen LogP contribution in [0.2, 0.25) is 0 Å². The molecule has 0 aliphatic heterocycles. The molecule has 0 aromatic heterocycles. The molecule has 2 aromatic rings. The summed E-state index contributed by atoms with van der Waals surface area (Å²) in [6.45, 7) is 16.8. The summed E-state index contributed by atoms with van der Waals surface area (Å²) in [7, 11) is 0. The third-order valence-corrected chi connectivity index (χ3v) is 1.66. The zero-order valence-electron chi connectivity index (χ0n) is 15.7. The van der Waals surface area contributed by atoms with Gasteiger partial charge < -0.3 is 0 Å². The molecule has 2 rings (SSSR count). The van der Waals surface area contributed by atoms with E-state index < -0.39 is 0 Å². The maximum absolute atomic E-state index is 2.12. The molecule has 0 N–H and O–H groups in total. The first-order valence-corrected chi connectivity index (χ1v) is 8.65. The maximum Gasteiger partial charge on any atom is -0.0184 e. The molecule has 0 unspecified atom stereocenters. The highest BCUT2D eigenvalue weighted by atomic mass is 13.9. The van der Waals surface area contributed by atoms with E-state index in [2.05, 4.69) is 90.1 Å². The van der Waals surface area contributed by atoms with E-state index in [4.69, 9.17) is 0 Å². The Labute approximate surface area is 134 Å². The Morgan fingerprint density at radius 1 is 0.476 bits per heavy atom. The second-order valence-corrected chi connectivity index (χ2v) is 4.47. The summed E-state index contributed by atoms with van der Waals surface area (Å²) in [6.07, 6.45) is 3.75. The van der Waals surface area contributed by atoms with Crippen LogP contribution in [0.25, 0.3) is 10.8 Å². The molecule has 0 bridgehead atoms. The molecule has 0 aliphatic rings. The predicted molar refractivity (Wildman–Crippen MR) is 103 cm³/mol. The van der Waals surface area contributed by atoms with Gasteiger partial charge in [-0.05, 0) is 10.8 Å². The van der Waals surface area contributed by atoms with Crippen LogP contribution in [0.5, 0.6) is 0 Å². The Balaban J connectivity index is -0.000000249. The Morgan fingerprint density at radius 3 is 0.762 bits per heavy atom. The Morgan fingerprint density at radius 2 is 0.619 bits per heavy atom. The van der Waals surface area contributed by atoms with Crippen LogP contribution in [0.1, 0.15) is 74.7 Å². The molecule has 0 atom stereocenters. The van der Waals surface area contributed by atoms with Crippen LogP contribution in [0.15, 0.2) is 48.5 Å². The maximum atomic E-state index is 2.12. The molecule has 0 amide bonds. The highest BCUT2D eigenvalue weighted by Crippen LogP contribution is 2.11. The van der Waals surface area contributed by atoms with Gasteiger partial charge in [0.05, 0.1) is 0 Å². The number of hydrogen-bond donors (Lipinski definition) is 0. The van der Waals surface area contributed by atoms with Gasteiger partial charge in [-0.15, -0.1) is 0 Å². The monoisotopic (exact) mass is 290 g/mol. The van der Waals surface area contributed by atoms with Gasteiger partial charge in [0, 0.05) is 0 Å². The van der Waals surface area contributed by atoms with Crippen LogP contribution in [-0.4, -0.2) is 0 Å². The molecular weight excluding hydrogens is 252 g/mol. The lowest BCUT2D eigenvalue weighted by Gasteiger charge is -1.92. The zero-order chi connectivity index (χ0) is 16.9. The average molecular weight is 291 g/mol. The largest absolute Gasteiger partial charge is 0.0683 e. The predicted octanol–water partition coefficient (Wildman–Crippen LogP) is 8.11. The van der Waals surface area contributed by atoms with Crippen molar-refractivity contribution in [1.82, 2.24) is 0 Å². The van der Waals surface area contributed by atoms with Crippen LogP contribution < -0.4 is 0 Å². The van der Waals surface area contributed by atoms with Crippen molar-refractivity contribution in [3.05, 3.63) is 48.5 Å². The van der Waals surface area contributed by atoms with Gasteiger partial charge in [0.25, 0.3) is 0 Å². The fraction of sp³-hybridized carbons (Fsp3) is 0.524. The molecule has 0 saturated heterocycles. The second-order valence-electron chi connectivity index (χ2n) is 4.47. The van der Waals surface area contributed by atoms with Gasteiger partial charge in [-0.3, -0.25) is 0 Å². The van der Waals surface area contributed by atoms with Crippen molar-refractivity contribution in [2.24, 2.45) is 0 Å². The summed E-state index contributed by atoms with van der Waals surface area (Å²) >= 11 is 0. The van der Waals surface area contributed by atoms with E-state index in [-0.39, 0.29) is 0 Å². The molecule has 0 nitrogen and oxygen atoms in total. The lowest BCUT2D eigenvalue weighted by molar-refractivity contribution is 1.09. The van der Waals surface area contributed by atoms with E-state index in [1.165, 1.54) is 30.0 Å². The molecule has 0 saturated carbocycles. The molecule has 0 fully saturated rings. The van der Waals surface area contributed by atoms with Gasteiger partial charge in [-0.25, -0.2) is 0 Å². The van der Waals surface area contributed by atoms with Crippen LogP contribution in [0.3, 0.4) is 0 Å². The van der Waals surface area contributed by atoms with Crippen LogP contribution in [-0.2, 0) is 0 Å². The standard InChI is InChI=1S/C10H8.3C3H8.C2H6/c1-2-6-10-8-4-3-7-9(10)5-1;3*1-3-2;1-2/h1-8H;3*3H2,1-2H3;1-2H3. The third-order valence-electron chi connectivity index (χ3n) is 1.66. The van der Waals surface area contributed by atoms with Crippen LogP contribution in [0.4, 0.5) is 0 Å². The lowest BCUT2D eigenvalue weighted by atomic mass is 10.1. The molecule has 0 heterocycles. The number of benzene rings is 2. The second kappa shape index (κ2) is 23.8. The van der Waals surface area contributed by atoms with Gasteiger partial charge in [0.2, 0.25) is 0 Å². The SMILES string of the molecule is CC.CCC.CCC.CCC.c1ccc2ccccc2c1. The molecule has 0 spiro atoms. The quantitative estimate of drug-likeness (QED) is 0.459. The molecule has 0 aliphatic carbocycles. The molecule has 0 heteroatoms. The summed E-state index contributed by atoms with van der Waals surface area (Å²) in [5.74, 6) is 0. The molecule has 0 radical (unpaired) electrons. The lowest BCUT2D eigenvalue weighted by Crippen LogP contribution is -1.67.